The zero-order valence-electron chi connectivity index (χ0n) is 15.6. The van der Waals surface area contributed by atoms with Gasteiger partial charge < -0.3 is 24.8 Å². The van der Waals surface area contributed by atoms with E-state index >= 15 is 0 Å². The van der Waals surface area contributed by atoms with Gasteiger partial charge in [-0.05, 0) is 44.5 Å². The van der Waals surface area contributed by atoms with Crippen molar-refractivity contribution in [3.63, 3.8) is 0 Å². The Labute approximate surface area is 164 Å². The average Bonchev–Trinajstić information content (AvgIpc) is 2.65. The summed E-state index contributed by atoms with van der Waals surface area (Å²) in [5.74, 6) is 1.90. The molecule has 0 heterocycles. The van der Waals surface area contributed by atoms with Crippen LogP contribution in [0.4, 0.5) is 10.5 Å². The van der Waals surface area contributed by atoms with Crippen LogP contribution in [-0.4, -0.2) is 32.4 Å². The van der Waals surface area contributed by atoms with Crippen molar-refractivity contribution >= 4 is 23.3 Å². The average molecular weight is 393 g/mol. The Balaban J connectivity index is 1.75. The molecule has 146 valence electrons. The lowest BCUT2D eigenvalue weighted by atomic mass is 10.2. The smallest absolute Gasteiger partial charge is 0.319 e. The lowest BCUT2D eigenvalue weighted by Gasteiger charge is -2.13. The van der Waals surface area contributed by atoms with Crippen LogP contribution < -0.4 is 24.8 Å². The lowest BCUT2D eigenvalue weighted by Crippen LogP contribution is -2.30. The molecular weight excluding hydrogens is 368 g/mol. The first-order valence-corrected chi connectivity index (χ1v) is 9.33. The number of ether oxygens (including phenoxy) is 3. The normalized spacial score (nSPS) is 10.2. The fourth-order valence-electron chi connectivity index (χ4n) is 2.32. The molecule has 0 radical (unpaired) electrons. The van der Waals surface area contributed by atoms with Gasteiger partial charge in [0, 0.05) is 18.3 Å². The summed E-state index contributed by atoms with van der Waals surface area (Å²) in [6, 6.07) is 12.3. The molecule has 7 heteroatoms. The Morgan fingerprint density at radius 3 is 2.44 bits per heavy atom. The Bertz CT molecular complexity index is 740. The van der Waals surface area contributed by atoms with Crippen LogP contribution in [0.5, 0.6) is 17.2 Å². The number of rotatable bonds is 10. The topological polar surface area (TPSA) is 68.8 Å². The van der Waals surface area contributed by atoms with Gasteiger partial charge in [0.15, 0.2) is 11.5 Å². The number of halogens is 1. The van der Waals surface area contributed by atoms with Gasteiger partial charge in [-0.3, -0.25) is 0 Å². The first-order valence-electron chi connectivity index (χ1n) is 8.95. The highest BCUT2D eigenvalue weighted by atomic mass is 35.5. The molecule has 2 rings (SSSR count). The fraction of sp³-hybridized carbons (Fsp3) is 0.350. The summed E-state index contributed by atoms with van der Waals surface area (Å²) >= 11 is 6.02. The summed E-state index contributed by atoms with van der Waals surface area (Å²) in [4.78, 5) is 12.0. The molecule has 2 N–H and O–H groups in total. The summed E-state index contributed by atoms with van der Waals surface area (Å²) < 4.78 is 16.6. The van der Waals surface area contributed by atoms with E-state index in [4.69, 9.17) is 25.8 Å². The van der Waals surface area contributed by atoms with Crippen molar-refractivity contribution in [1.29, 1.82) is 0 Å². The van der Waals surface area contributed by atoms with E-state index in [1.165, 1.54) is 0 Å². The number of anilines is 1. The third-order valence-electron chi connectivity index (χ3n) is 3.50. The van der Waals surface area contributed by atoms with Crippen LogP contribution in [-0.2, 0) is 0 Å². The van der Waals surface area contributed by atoms with Gasteiger partial charge in [-0.2, -0.15) is 0 Å². The summed E-state index contributed by atoms with van der Waals surface area (Å²) in [5.41, 5.74) is 0.631. The third kappa shape index (κ3) is 6.90. The van der Waals surface area contributed by atoms with E-state index in [1.54, 1.807) is 24.3 Å². The van der Waals surface area contributed by atoms with Gasteiger partial charge in [-0.1, -0.05) is 23.7 Å². The molecule has 0 saturated heterocycles. The van der Waals surface area contributed by atoms with E-state index in [1.807, 2.05) is 32.0 Å². The predicted molar refractivity (Wildman–Crippen MR) is 107 cm³/mol. The van der Waals surface area contributed by atoms with Gasteiger partial charge >= 0.3 is 6.03 Å². The van der Waals surface area contributed by atoms with E-state index in [0.29, 0.717) is 60.7 Å². The lowest BCUT2D eigenvalue weighted by molar-refractivity contribution is 0.250. The molecule has 0 aromatic heterocycles. The molecule has 2 aromatic carbocycles. The summed E-state index contributed by atoms with van der Waals surface area (Å²) in [7, 11) is 0. The van der Waals surface area contributed by atoms with Gasteiger partial charge in [-0.15, -0.1) is 0 Å². The maximum absolute atomic E-state index is 12.0. The Hall–Kier alpha value is -2.60. The molecule has 6 nitrogen and oxygen atoms in total. The van der Waals surface area contributed by atoms with Gasteiger partial charge in [0.25, 0.3) is 0 Å². The van der Waals surface area contributed by atoms with E-state index in [9.17, 15) is 4.79 Å². The molecule has 0 spiro atoms. The Kier molecular flexibility index (Phi) is 8.58. The molecule has 0 unspecified atom stereocenters. The number of nitrogens with one attached hydrogen (secondary N) is 2. The van der Waals surface area contributed by atoms with Crippen LogP contribution in [0, 0.1) is 0 Å². The van der Waals surface area contributed by atoms with E-state index in [-0.39, 0.29) is 6.03 Å². The highest BCUT2D eigenvalue weighted by molar-refractivity contribution is 6.32. The van der Waals surface area contributed by atoms with E-state index in [2.05, 4.69) is 10.6 Å². The zero-order chi connectivity index (χ0) is 19.5. The molecule has 0 aliphatic heterocycles. The number of carbonyl (C=O) groups excluding carboxylic acids is 1. The summed E-state index contributed by atoms with van der Waals surface area (Å²) in [6.07, 6.45) is 0.659. The number of hydrogen-bond acceptors (Lipinski definition) is 4. The molecule has 0 fully saturated rings. The number of hydrogen-bond donors (Lipinski definition) is 2. The van der Waals surface area contributed by atoms with Crippen molar-refractivity contribution in [3.8, 4) is 17.2 Å². The van der Waals surface area contributed by atoms with Crippen LogP contribution in [0.2, 0.25) is 5.02 Å². The van der Waals surface area contributed by atoms with Crippen LogP contribution in [0.3, 0.4) is 0 Å². The molecule has 0 bridgehead atoms. The number of amides is 2. The van der Waals surface area contributed by atoms with Gasteiger partial charge in [-0.25, -0.2) is 4.79 Å². The Morgan fingerprint density at radius 1 is 0.963 bits per heavy atom. The highest BCUT2D eigenvalue weighted by Crippen LogP contribution is 2.30. The van der Waals surface area contributed by atoms with Crippen molar-refractivity contribution in [2.75, 3.05) is 31.7 Å². The zero-order valence-corrected chi connectivity index (χ0v) is 16.3. The Morgan fingerprint density at radius 2 is 1.70 bits per heavy atom. The largest absolute Gasteiger partial charge is 0.492 e. The van der Waals surface area contributed by atoms with Crippen LogP contribution in [0.1, 0.15) is 20.3 Å². The fourth-order valence-corrected chi connectivity index (χ4v) is 2.51. The second-order valence-corrected chi connectivity index (χ2v) is 5.95. The number of carbonyl (C=O) groups is 1. The standard InChI is InChI=1S/C20H25ClN2O4/c1-3-25-18-11-10-15(14-19(18)26-4-2)23-20(24)22-12-7-13-27-17-9-6-5-8-16(17)21/h5-6,8-11,14H,3-4,7,12-13H2,1-2H3,(H2,22,23,24). The molecule has 0 aliphatic rings. The molecule has 0 aliphatic carbocycles. The SMILES string of the molecule is CCOc1ccc(NC(=O)NCCCOc2ccccc2Cl)cc1OCC. The van der Waals surface area contributed by atoms with Crippen molar-refractivity contribution in [1.82, 2.24) is 5.32 Å². The number of para-hydroxylation sites is 1. The molecule has 0 atom stereocenters. The molecule has 2 amide bonds. The number of urea groups is 1. The van der Waals surface area contributed by atoms with Crippen molar-refractivity contribution in [2.45, 2.75) is 20.3 Å². The molecule has 2 aromatic rings. The second kappa shape index (κ2) is 11.2. The second-order valence-electron chi connectivity index (χ2n) is 5.54. The minimum absolute atomic E-state index is 0.292. The van der Waals surface area contributed by atoms with Gasteiger partial charge in [0.05, 0.1) is 24.8 Å². The predicted octanol–water partition coefficient (Wildman–Crippen LogP) is 4.73. The minimum Gasteiger partial charge on any atom is -0.492 e. The van der Waals surface area contributed by atoms with Crippen molar-refractivity contribution < 1.29 is 19.0 Å². The maximum Gasteiger partial charge on any atom is 0.319 e. The third-order valence-corrected chi connectivity index (χ3v) is 3.81. The highest BCUT2D eigenvalue weighted by Gasteiger charge is 2.08. The van der Waals surface area contributed by atoms with Gasteiger partial charge in [0.2, 0.25) is 0 Å². The first-order chi connectivity index (χ1) is 13.1. The van der Waals surface area contributed by atoms with Gasteiger partial charge in [0.1, 0.15) is 5.75 Å². The monoisotopic (exact) mass is 392 g/mol. The summed E-state index contributed by atoms with van der Waals surface area (Å²) in [5, 5.41) is 6.14. The van der Waals surface area contributed by atoms with Crippen LogP contribution >= 0.6 is 11.6 Å². The first kappa shape index (κ1) is 20.7. The van der Waals surface area contributed by atoms with Crippen LogP contribution in [0.25, 0.3) is 0 Å². The maximum atomic E-state index is 12.0. The van der Waals surface area contributed by atoms with E-state index < -0.39 is 0 Å². The van der Waals surface area contributed by atoms with Crippen molar-refractivity contribution in [3.05, 3.63) is 47.5 Å². The minimum atomic E-state index is -0.292. The van der Waals surface area contributed by atoms with Crippen LogP contribution in [0.15, 0.2) is 42.5 Å². The summed E-state index contributed by atoms with van der Waals surface area (Å²) in [6.45, 7) is 5.80. The number of benzene rings is 2. The van der Waals surface area contributed by atoms with Crippen molar-refractivity contribution in [2.24, 2.45) is 0 Å². The van der Waals surface area contributed by atoms with E-state index in [0.717, 1.165) is 0 Å². The molecule has 27 heavy (non-hydrogen) atoms. The molecular formula is C20H25ClN2O4. The molecule has 0 saturated carbocycles. The quantitative estimate of drug-likeness (QED) is 0.573.